The van der Waals surface area contributed by atoms with E-state index in [-0.39, 0.29) is 15.7 Å². The van der Waals surface area contributed by atoms with Crippen LogP contribution in [0.1, 0.15) is 21.5 Å². The molecule has 0 unspecified atom stereocenters. The Balaban J connectivity index is 0.000000244. The SMILES string of the molecule is C[n+]1ccc(Nc2ccc(C(=O)Nc3ccc(Nc4cc[n+](C)c5ccc(N)cc45)cc3)c(N)c2)cc1.Cc1ccc(S(=O)(=O)[O-])cc1.Cc1ccc(S(=O)(=O)[O-])cc1. The lowest BCUT2D eigenvalue weighted by molar-refractivity contribution is -0.671. The predicted molar refractivity (Wildman–Crippen MR) is 227 cm³/mol. The molecule has 0 bridgehead atoms. The molecule has 7 N–H and O–H groups in total. The molecule has 0 saturated carbocycles. The molecule has 7 aromatic rings. The summed E-state index contributed by atoms with van der Waals surface area (Å²) in [6.45, 7) is 3.64. The quantitative estimate of drug-likeness (QED) is 0.0659. The van der Waals surface area contributed by atoms with Crippen LogP contribution in [0, 0.1) is 13.8 Å². The third kappa shape index (κ3) is 12.3. The molecule has 2 heterocycles. The van der Waals surface area contributed by atoms with Gasteiger partial charge in [0.25, 0.3) is 5.91 Å². The summed E-state index contributed by atoms with van der Waals surface area (Å²) in [5.41, 5.74) is 20.9. The average molecular weight is 834 g/mol. The second-order valence-corrected chi connectivity index (χ2v) is 16.2. The number of nitrogens with two attached hydrogens (primary N) is 2. The van der Waals surface area contributed by atoms with Crippen LogP contribution in [0.15, 0.2) is 156 Å². The fourth-order valence-electron chi connectivity index (χ4n) is 5.54. The van der Waals surface area contributed by atoms with Gasteiger partial charge in [-0.15, -0.1) is 0 Å². The van der Waals surface area contributed by atoms with Gasteiger partial charge in [-0.05, 0) is 92.7 Å². The van der Waals surface area contributed by atoms with Crippen LogP contribution >= 0.6 is 0 Å². The molecule has 0 aliphatic rings. The maximum atomic E-state index is 12.9. The number of rotatable bonds is 8. The predicted octanol–water partition coefficient (Wildman–Crippen LogP) is 6.19. The van der Waals surface area contributed by atoms with Gasteiger partial charge in [-0.1, -0.05) is 35.4 Å². The van der Waals surface area contributed by atoms with Gasteiger partial charge in [0.05, 0.1) is 32.1 Å². The molecule has 0 atom stereocenters. The fraction of sp³-hybridized carbons (Fsp3) is 0.0930. The van der Waals surface area contributed by atoms with Gasteiger partial charge in [0.15, 0.2) is 18.6 Å². The summed E-state index contributed by atoms with van der Waals surface area (Å²) >= 11 is 0. The lowest BCUT2D eigenvalue weighted by atomic mass is 10.1. The first kappa shape index (κ1) is 43.3. The minimum absolute atomic E-state index is 0.178. The summed E-state index contributed by atoms with van der Waals surface area (Å²) in [4.78, 5) is 12.5. The van der Waals surface area contributed by atoms with Crippen molar-refractivity contribution in [3.8, 4) is 0 Å². The van der Waals surface area contributed by atoms with Gasteiger partial charge in [-0.3, -0.25) is 4.79 Å². The van der Waals surface area contributed by atoms with Crippen LogP contribution in [-0.4, -0.2) is 31.8 Å². The molecular weight excluding hydrogens is 791 g/mol. The molecule has 7 rings (SSSR count). The second kappa shape index (κ2) is 18.6. The van der Waals surface area contributed by atoms with Gasteiger partial charge in [-0.2, -0.15) is 0 Å². The van der Waals surface area contributed by atoms with Crippen molar-refractivity contribution in [3.63, 3.8) is 0 Å². The summed E-state index contributed by atoms with van der Waals surface area (Å²) in [6.07, 6.45) is 5.90. The topological polar surface area (TPSA) is 227 Å². The monoisotopic (exact) mass is 833 g/mol. The van der Waals surface area contributed by atoms with E-state index in [1.165, 1.54) is 24.3 Å². The molecule has 304 valence electrons. The first-order valence-corrected chi connectivity index (χ1v) is 20.7. The summed E-state index contributed by atoms with van der Waals surface area (Å²) < 4.78 is 66.3. The largest absolute Gasteiger partial charge is 0.744 e. The van der Waals surface area contributed by atoms with E-state index >= 15 is 0 Å². The average Bonchev–Trinajstić information content (AvgIpc) is 3.18. The highest BCUT2D eigenvalue weighted by Gasteiger charge is 2.13. The number of aromatic nitrogens is 2. The van der Waals surface area contributed by atoms with E-state index in [1.54, 1.807) is 36.4 Å². The molecule has 59 heavy (non-hydrogen) atoms. The van der Waals surface area contributed by atoms with Gasteiger partial charge in [0.1, 0.15) is 34.3 Å². The van der Waals surface area contributed by atoms with Gasteiger partial charge in [-0.25, -0.2) is 26.0 Å². The molecule has 2 aromatic heterocycles. The Bertz CT molecular complexity index is 2730. The van der Waals surface area contributed by atoms with E-state index in [1.807, 2.05) is 118 Å². The molecule has 1 amide bonds. The number of nitrogens with one attached hydrogen (secondary N) is 3. The van der Waals surface area contributed by atoms with Crippen molar-refractivity contribution in [3.05, 3.63) is 163 Å². The molecule has 0 aliphatic heterocycles. The van der Waals surface area contributed by atoms with E-state index in [0.29, 0.717) is 22.6 Å². The van der Waals surface area contributed by atoms with E-state index in [4.69, 9.17) is 11.5 Å². The summed E-state index contributed by atoms with van der Waals surface area (Å²) in [7, 11) is -4.58. The Morgan fingerprint density at radius 2 is 1.08 bits per heavy atom. The molecule has 14 nitrogen and oxygen atoms in total. The molecule has 0 fully saturated rings. The van der Waals surface area contributed by atoms with E-state index < -0.39 is 20.2 Å². The second-order valence-electron chi connectivity index (χ2n) is 13.5. The summed E-state index contributed by atoms with van der Waals surface area (Å²) in [6, 6.07) is 36.2. The minimum Gasteiger partial charge on any atom is -0.744 e. The lowest BCUT2D eigenvalue weighted by Crippen LogP contribution is -2.28. The van der Waals surface area contributed by atoms with Crippen molar-refractivity contribution in [2.24, 2.45) is 14.1 Å². The molecule has 16 heteroatoms. The van der Waals surface area contributed by atoms with Crippen LogP contribution in [0.3, 0.4) is 0 Å². The number of anilines is 7. The number of nitrogens with zero attached hydrogens (tertiary/aromatic N) is 2. The zero-order chi connectivity index (χ0) is 42.9. The number of pyridine rings is 2. The molecule has 0 radical (unpaired) electrons. The van der Waals surface area contributed by atoms with Crippen molar-refractivity contribution < 1.29 is 39.9 Å². The van der Waals surface area contributed by atoms with Gasteiger partial charge >= 0.3 is 0 Å². The van der Waals surface area contributed by atoms with E-state index in [0.717, 1.165) is 44.8 Å². The standard InChI is InChI=1S/C29H27N7O.2C7H8O3S/c1-35-14-11-22(12-15-35)32-23-8-9-24(26(31)18-23)29(37)34-21-6-4-20(5-7-21)33-27-13-16-36(2)28-10-3-19(30)17-25(27)28;2*1-6-2-4-7(5-3-6)11(8,9)10/h3-18H,30H2,1-2H3,(H3,31,34,37);2*2-5H,1H3,(H,8,9,10). The van der Waals surface area contributed by atoms with Crippen LogP contribution < -0.4 is 36.6 Å². The number of amides is 1. The van der Waals surface area contributed by atoms with Crippen LogP contribution in [0.5, 0.6) is 0 Å². The third-order valence-corrected chi connectivity index (χ3v) is 10.5. The maximum Gasteiger partial charge on any atom is 0.257 e. The Labute approximate surface area is 343 Å². The smallest absolute Gasteiger partial charge is 0.257 e. The van der Waals surface area contributed by atoms with Crippen LogP contribution in [-0.2, 0) is 34.3 Å². The van der Waals surface area contributed by atoms with Crippen molar-refractivity contribution in [1.82, 2.24) is 0 Å². The number of fused-ring (bicyclic) bond motifs is 1. The number of carbonyl (C=O) groups excluding carboxylic acids is 1. The van der Waals surface area contributed by atoms with Gasteiger partial charge in [0.2, 0.25) is 5.52 Å². The third-order valence-electron chi connectivity index (χ3n) is 8.76. The highest BCUT2D eigenvalue weighted by molar-refractivity contribution is 7.86. The number of hydrogen-bond donors (Lipinski definition) is 5. The highest BCUT2D eigenvalue weighted by atomic mass is 32.2. The fourth-order valence-corrected chi connectivity index (χ4v) is 6.48. The minimum atomic E-state index is -4.27. The lowest BCUT2D eigenvalue weighted by Gasteiger charge is -2.12. The summed E-state index contributed by atoms with van der Waals surface area (Å²) in [5.74, 6) is -0.270. The van der Waals surface area contributed by atoms with Gasteiger partial charge < -0.3 is 36.5 Å². The Morgan fingerprint density at radius 1 is 0.576 bits per heavy atom. The number of nitrogen functional groups attached to an aromatic ring is 2. The van der Waals surface area contributed by atoms with E-state index in [2.05, 4.69) is 20.5 Å². The van der Waals surface area contributed by atoms with Gasteiger partial charge in [0, 0.05) is 52.7 Å². The molecule has 0 spiro atoms. The zero-order valence-corrected chi connectivity index (χ0v) is 34.2. The van der Waals surface area contributed by atoms with Crippen LogP contribution in [0.25, 0.3) is 10.9 Å². The Hall–Kier alpha value is -6.85. The number of carbonyl (C=O) groups is 1. The molecule has 0 saturated heterocycles. The molecule has 5 aromatic carbocycles. The van der Waals surface area contributed by atoms with Crippen LogP contribution in [0.4, 0.5) is 39.8 Å². The maximum absolute atomic E-state index is 12.9. The molecule has 0 aliphatic carbocycles. The first-order chi connectivity index (χ1) is 27.8. The van der Waals surface area contributed by atoms with Crippen molar-refractivity contribution in [2.75, 3.05) is 27.4 Å². The number of hydrogen-bond acceptors (Lipinski definition) is 11. The van der Waals surface area contributed by atoms with Crippen LogP contribution in [0.2, 0.25) is 0 Å². The van der Waals surface area contributed by atoms with Crippen molar-refractivity contribution >= 4 is 76.9 Å². The normalized spacial score (nSPS) is 11.0. The van der Waals surface area contributed by atoms with E-state index in [9.17, 15) is 30.7 Å². The number of benzene rings is 5. The Kier molecular flexibility index (Phi) is 13.6. The summed E-state index contributed by atoms with van der Waals surface area (Å²) in [5, 5.41) is 10.7. The highest BCUT2D eigenvalue weighted by Crippen LogP contribution is 2.27. The molecular formula is C43H43N7O7S2. The number of aryl methyl sites for hydroxylation is 4. The zero-order valence-electron chi connectivity index (χ0n) is 32.6. The Morgan fingerprint density at radius 3 is 1.61 bits per heavy atom. The van der Waals surface area contributed by atoms with Crippen molar-refractivity contribution in [2.45, 2.75) is 23.6 Å². The van der Waals surface area contributed by atoms with Crippen molar-refractivity contribution in [1.29, 1.82) is 0 Å². The first-order valence-electron chi connectivity index (χ1n) is 17.9.